The number of aromatic hydroxyl groups is 1. The third-order valence-electron chi connectivity index (χ3n) is 3.23. The molecule has 6 nitrogen and oxygen atoms in total. The summed E-state index contributed by atoms with van der Waals surface area (Å²) in [6.45, 7) is 0. The molecule has 0 saturated carbocycles. The van der Waals surface area contributed by atoms with Crippen LogP contribution in [0.2, 0.25) is 0 Å². The zero-order chi connectivity index (χ0) is 16.3. The number of benzene rings is 2. The Balaban J connectivity index is 1.91. The summed E-state index contributed by atoms with van der Waals surface area (Å²) in [5.41, 5.74) is 0.437. The van der Waals surface area contributed by atoms with Crippen molar-refractivity contribution < 1.29 is 13.5 Å². The minimum absolute atomic E-state index is 0.0180. The van der Waals surface area contributed by atoms with Gasteiger partial charge in [-0.25, -0.2) is 4.98 Å². The fraction of sp³-hybridized carbons (Fsp3) is 0. The Labute approximate surface area is 133 Å². The molecule has 23 heavy (non-hydrogen) atoms. The van der Waals surface area contributed by atoms with Crippen molar-refractivity contribution >= 4 is 27.0 Å². The zero-order valence-electron chi connectivity index (χ0n) is 11.9. The fourth-order valence-corrected chi connectivity index (χ4v) is 2.88. The Hall–Kier alpha value is -2.93. The number of nitrogens with one attached hydrogen (secondary N) is 1. The first kappa shape index (κ1) is 15.0. The first-order chi connectivity index (χ1) is 11.1. The van der Waals surface area contributed by atoms with Crippen molar-refractivity contribution in [1.29, 1.82) is 0 Å². The summed E-state index contributed by atoms with van der Waals surface area (Å²) in [5.74, 6) is 0.0180. The lowest BCUT2D eigenvalue weighted by molar-refractivity contribution is 0.475. The first-order valence-electron chi connectivity index (χ1n) is 6.74. The number of hydrazone groups is 1. The average molecular weight is 327 g/mol. The van der Waals surface area contributed by atoms with Gasteiger partial charge >= 0.3 is 0 Å². The maximum Gasteiger partial charge on any atom is 0.294 e. The third kappa shape index (κ3) is 3.14. The summed E-state index contributed by atoms with van der Waals surface area (Å²) >= 11 is 0. The lowest BCUT2D eigenvalue weighted by Gasteiger charge is -2.05. The van der Waals surface area contributed by atoms with E-state index >= 15 is 0 Å². The number of phenolic OH excluding ortho intramolecular Hbond substituents is 1. The molecule has 1 heterocycles. The van der Waals surface area contributed by atoms with Crippen molar-refractivity contribution in [3.63, 3.8) is 0 Å². The topological polar surface area (TPSA) is 91.7 Å². The van der Waals surface area contributed by atoms with Crippen LogP contribution in [0.25, 0.3) is 10.8 Å². The van der Waals surface area contributed by atoms with Gasteiger partial charge in [-0.3, -0.25) is 0 Å². The summed E-state index contributed by atoms with van der Waals surface area (Å²) in [6.07, 6.45) is 2.66. The SMILES string of the molecule is O=S(=O)(N/N=C/c1c(O)ccc2ccccc12)c1ccccn1. The highest BCUT2D eigenvalue weighted by Gasteiger charge is 2.13. The quantitative estimate of drug-likeness (QED) is 0.568. The van der Waals surface area contributed by atoms with Gasteiger partial charge in [0.25, 0.3) is 10.0 Å². The molecule has 0 fully saturated rings. The van der Waals surface area contributed by atoms with E-state index in [0.29, 0.717) is 5.56 Å². The van der Waals surface area contributed by atoms with Crippen LogP contribution < -0.4 is 4.83 Å². The van der Waals surface area contributed by atoms with Crippen LogP contribution in [-0.2, 0) is 10.0 Å². The molecule has 0 aliphatic carbocycles. The average Bonchev–Trinajstić information content (AvgIpc) is 2.57. The number of hydrogen-bond acceptors (Lipinski definition) is 5. The van der Waals surface area contributed by atoms with Crippen LogP contribution in [0.4, 0.5) is 0 Å². The maximum atomic E-state index is 12.0. The van der Waals surface area contributed by atoms with Gasteiger partial charge < -0.3 is 5.11 Å². The standard InChI is InChI=1S/C16H13N3O3S/c20-15-9-8-12-5-1-2-6-13(12)14(15)11-18-19-23(21,22)16-7-3-4-10-17-16/h1-11,19-20H/b18-11+. The van der Waals surface area contributed by atoms with Gasteiger partial charge in [-0.1, -0.05) is 36.4 Å². The van der Waals surface area contributed by atoms with E-state index in [0.717, 1.165) is 10.8 Å². The predicted molar refractivity (Wildman–Crippen MR) is 87.8 cm³/mol. The van der Waals surface area contributed by atoms with Gasteiger partial charge in [0.05, 0.1) is 6.21 Å². The number of phenols is 1. The van der Waals surface area contributed by atoms with Gasteiger partial charge in [-0.2, -0.15) is 18.4 Å². The predicted octanol–water partition coefficient (Wildman–Crippen LogP) is 2.25. The highest BCUT2D eigenvalue weighted by atomic mass is 32.2. The molecule has 2 aromatic carbocycles. The molecule has 0 aliphatic rings. The number of nitrogens with zero attached hydrogens (tertiary/aromatic N) is 2. The second kappa shape index (κ2) is 6.05. The normalized spacial score (nSPS) is 11.8. The van der Waals surface area contributed by atoms with Crippen molar-refractivity contribution in [3.8, 4) is 5.75 Å². The minimum atomic E-state index is -3.84. The van der Waals surface area contributed by atoms with E-state index in [2.05, 4.69) is 14.9 Å². The maximum absolute atomic E-state index is 12.0. The smallest absolute Gasteiger partial charge is 0.294 e. The molecule has 0 unspecified atom stereocenters. The van der Waals surface area contributed by atoms with Crippen molar-refractivity contribution in [2.45, 2.75) is 5.03 Å². The molecule has 3 aromatic rings. The highest BCUT2D eigenvalue weighted by molar-refractivity contribution is 7.89. The Morgan fingerprint density at radius 3 is 2.61 bits per heavy atom. The minimum Gasteiger partial charge on any atom is -0.507 e. The van der Waals surface area contributed by atoms with Gasteiger partial charge in [-0.05, 0) is 29.0 Å². The van der Waals surface area contributed by atoms with Crippen LogP contribution in [0.3, 0.4) is 0 Å². The lowest BCUT2D eigenvalue weighted by Crippen LogP contribution is -2.19. The molecule has 0 aliphatic heterocycles. The summed E-state index contributed by atoms with van der Waals surface area (Å²) in [7, 11) is -3.84. The van der Waals surface area contributed by atoms with Crippen molar-refractivity contribution in [1.82, 2.24) is 9.82 Å². The Bertz CT molecular complexity index is 970. The van der Waals surface area contributed by atoms with Crippen LogP contribution >= 0.6 is 0 Å². The molecule has 116 valence electrons. The molecule has 0 radical (unpaired) electrons. The van der Waals surface area contributed by atoms with E-state index in [-0.39, 0.29) is 10.8 Å². The number of pyridine rings is 1. The molecule has 7 heteroatoms. The van der Waals surface area contributed by atoms with Gasteiger partial charge in [0.15, 0.2) is 5.03 Å². The van der Waals surface area contributed by atoms with Crippen molar-refractivity contribution in [3.05, 3.63) is 66.4 Å². The molecule has 0 spiro atoms. The molecule has 0 atom stereocenters. The van der Waals surface area contributed by atoms with Crippen LogP contribution in [-0.4, -0.2) is 24.7 Å². The second-order valence-electron chi connectivity index (χ2n) is 4.74. The lowest BCUT2D eigenvalue weighted by atomic mass is 10.0. The molecular weight excluding hydrogens is 314 g/mol. The molecule has 0 amide bonds. The van der Waals surface area contributed by atoms with Crippen LogP contribution in [0.5, 0.6) is 5.75 Å². The second-order valence-corrected chi connectivity index (χ2v) is 6.35. The van der Waals surface area contributed by atoms with Gasteiger partial charge in [-0.15, -0.1) is 0 Å². The molecule has 1 aromatic heterocycles. The van der Waals surface area contributed by atoms with Crippen LogP contribution in [0.15, 0.2) is 70.9 Å². The Morgan fingerprint density at radius 2 is 1.83 bits per heavy atom. The van der Waals surface area contributed by atoms with Crippen LogP contribution in [0.1, 0.15) is 5.56 Å². The Kier molecular flexibility index (Phi) is 3.94. The molecule has 2 N–H and O–H groups in total. The van der Waals surface area contributed by atoms with Crippen LogP contribution in [0, 0.1) is 0 Å². The summed E-state index contributed by atoms with van der Waals surface area (Å²) < 4.78 is 24.0. The number of aromatic nitrogens is 1. The highest BCUT2D eigenvalue weighted by Crippen LogP contribution is 2.25. The van der Waals surface area contributed by atoms with Crippen molar-refractivity contribution in [2.24, 2.45) is 5.10 Å². The molecule has 3 rings (SSSR count). The van der Waals surface area contributed by atoms with Crippen molar-refractivity contribution in [2.75, 3.05) is 0 Å². The van der Waals surface area contributed by atoms with E-state index < -0.39 is 10.0 Å². The fourth-order valence-electron chi connectivity index (χ4n) is 2.13. The third-order valence-corrected chi connectivity index (χ3v) is 4.37. The molecule has 0 saturated heterocycles. The van der Waals surface area contributed by atoms with Gasteiger partial charge in [0.2, 0.25) is 0 Å². The van der Waals surface area contributed by atoms with E-state index in [1.54, 1.807) is 18.2 Å². The first-order valence-corrected chi connectivity index (χ1v) is 8.23. The van der Waals surface area contributed by atoms with E-state index in [1.165, 1.54) is 24.5 Å². The molecular formula is C16H13N3O3S. The molecule has 0 bridgehead atoms. The summed E-state index contributed by atoms with van der Waals surface area (Å²) in [5, 5.41) is 15.3. The monoisotopic (exact) mass is 327 g/mol. The van der Waals surface area contributed by atoms with Gasteiger partial charge in [0, 0.05) is 11.8 Å². The zero-order valence-corrected chi connectivity index (χ0v) is 12.7. The number of fused-ring (bicyclic) bond motifs is 1. The number of sulfonamides is 1. The number of rotatable bonds is 4. The summed E-state index contributed by atoms with van der Waals surface area (Å²) in [4.78, 5) is 5.85. The van der Waals surface area contributed by atoms with Gasteiger partial charge in [0.1, 0.15) is 5.75 Å². The van der Waals surface area contributed by atoms with E-state index in [4.69, 9.17) is 0 Å². The number of hydrogen-bond donors (Lipinski definition) is 2. The largest absolute Gasteiger partial charge is 0.507 e. The Morgan fingerprint density at radius 1 is 1.04 bits per heavy atom. The van der Waals surface area contributed by atoms with E-state index in [9.17, 15) is 13.5 Å². The van der Waals surface area contributed by atoms with E-state index in [1.807, 2.05) is 24.3 Å². The summed E-state index contributed by atoms with van der Waals surface area (Å²) in [6, 6.07) is 15.3.